The monoisotopic (exact) mass is 210 g/mol. The zero-order valence-electron chi connectivity index (χ0n) is 9.14. The first-order valence-electron chi connectivity index (χ1n) is 5.15. The molecular weight excluding hydrogens is 192 g/mol. The topological polar surface area (TPSA) is 60.7 Å². The molecule has 3 heteroatoms. The summed E-state index contributed by atoms with van der Waals surface area (Å²) in [5.41, 5.74) is 2.10. The Balaban J connectivity index is 2.58. The SMILES string of the molecule is Cc1cc(O)ccc1CCC(O)C(C)O. The van der Waals surface area contributed by atoms with E-state index in [1.807, 2.05) is 13.0 Å². The van der Waals surface area contributed by atoms with Crippen LogP contribution in [0.3, 0.4) is 0 Å². The second kappa shape index (κ2) is 5.14. The van der Waals surface area contributed by atoms with Gasteiger partial charge in [-0.05, 0) is 49.9 Å². The van der Waals surface area contributed by atoms with Crippen LogP contribution in [0.2, 0.25) is 0 Å². The Bertz CT molecular complexity index is 321. The Morgan fingerprint density at radius 2 is 1.93 bits per heavy atom. The van der Waals surface area contributed by atoms with E-state index in [9.17, 15) is 10.2 Å². The molecular formula is C12H18O3. The zero-order valence-corrected chi connectivity index (χ0v) is 9.14. The van der Waals surface area contributed by atoms with Crippen LogP contribution >= 0.6 is 0 Å². The molecule has 2 atom stereocenters. The molecule has 0 aliphatic heterocycles. The van der Waals surface area contributed by atoms with E-state index in [1.165, 1.54) is 0 Å². The lowest BCUT2D eigenvalue weighted by atomic mass is 10.0. The maximum atomic E-state index is 9.43. The molecule has 3 N–H and O–H groups in total. The summed E-state index contributed by atoms with van der Waals surface area (Å²) >= 11 is 0. The molecule has 0 aliphatic carbocycles. The van der Waals surface area contributed by atoms with Crippen molar-refractivity contribution in [3.8, 4) is 5.75 Å². The van der Waals surface area contributed by atoms with E-state index in [1.54, 1.807) is 19.1 Å². The molecule has 1 aromatic carbocycles. The summed E-state index contributed by atoms with van der Waals surface area (Å²) in [7, 11) is 0. The lowest BCUT2D eigenvalue weighted by molar-refractivity contribution is 0.0265. The number of aryl methyl sites for hydroxylation is 2. The predicted octanol–water partition coefficient (Wildman–Crippen LogP) is 1.37. The van der Waals surface area contributed by atoms with E-state index in [0.29, 0.717) is 12.8 Å². The molecule has 0 saturated heterocycles. The van der Waals surface area contributed by atoms with E-state index >= 15 is 0 Å². The largest absolute Gasteiger partial charge is 0.508 e. The fourth-order valence-electron chi connectivity index (χ4n) is 1.51. The minimum absolute atomic E-state index is 0.257. The van der Waals surface area contributed by atoms with Crippen molar-refractivity contribution in [3.63, 3.8) is 0 Å². The number of phenolic OH excluding ortho intramolecular Hbond substituents is 1. The third-order valence-corrected chi connectivity index (χ3v) is 2.59. The van der Waals surface area contributed by atoms with Gasteiger partial charge in [0.15, 0.2) is 0 Å². The second-order valence-corrected chi connectivity index (χ2v) is 3.96. The molecule has 1 rings (SSSR count). The van der Waals surface area contributed by atoms with Crippen LogP contribution in [0.5, 0.6) is 5.75 Å². The third kappa shape index (κ3) is 3.53. The molecule has 0 saturated carbocycles. The number of benzene rings is 1. The third-order valence-electron chi connectivity index (χ3n) is 2.59. The molecule has 0 aromatic heterocycles. The molecule has 0 amide bonds. The van der Waals surface area contributed by atoms with Crippen molar-refractivity contribution in [3.05, 3.63) is 29.3 Å². The number of aromatic hydroxyl groups is 1. The molecule has 0 radical (unpaired) electrons. The Morgan fingerprint density at radius 3 is 2.47 bits per heavy atom. The maximum absolute atomic E-state index is 9.43. The highest BCUT2D eigenvalue weighted by Crippen LogP contribution is 2.17. The highest BCUT2D eigenvalue weighted by molar-refractivity contribution is 5.33. The van der Waals surface area contributed by atoms with E-state index in [2.05, 4.69) is 0 Å². The average molecular weight is 210 g/mol. The molecule has 0 bridgehead atoms. The number of aliphatic hydroxyl groups excluding tert-OH is 2. The first kappa shape index (κ1) is 12.0. The maximum Gasteiger partial charge on any atom is 0.115 e. The summed E-state index contributed by atoms with van der Waals surface area (Å²) < 4.78 is 0. The van der Waals surface area contributed by atoms with Gasteiger partial charge in [0.25, 0.3) is 0 Å². The summed E-state index contributed by atoms with van der Waals surface area (Å²) in [6.07, 6.45) is -0.137. The highest BCUT2D eigenvalue weighted by atomic mass is 16.3. The van der Waals surface area contributed by atoms with Gasteiger partial charge in [0.1, 0.15) is 5.75 Å². The minimum Gasteiger partial charge on any atom is -0.508 e. The number of rotatable bonds is 4. The number of hydrogen-bond donors (Lipinski definition) is 3. The van der Waals surface area contributed by atoms with Gasteiger partial charge in [0.05, 0.1) is 12.2 Å². The summed E-state index contributed by atoms with van der Waals surface area (Å²) in [6, 6.07) is 5.18. The number of hydrogen-bond acceptors (Lipinski definition) is 3. The van der Waals surface area contributed by atoms with Crippen molar-refractivity contribution < 1.29 is 15.3 Å². The fourth-order valence-corrected chi connectivity index (χ4v) is 1.51. The molecule has 1 aromatic rings. The molecule has 2 unspecified atom stereocenters. The number of aliphatic hydroxyl groups is 2. The lowest BCUT2D eigenvalue weighted by Gasteiger charge is -2.14. The van der Waals surface area contributed by atoms with Crippen LogP contribution in [0.15, 0.2) is 18.2 Å². The van der Waals surface area contributed by atoms with Crippen molar-refractivity contribution in [1.29, 1.82) is 0 Å². The standard InChI is InChI=1S/C12H18O3/c1-8-7-11(14)5-3-10(8)4-6-12(15)9(2)13/h3,5,7,9,12-15H,4,6H2,1-2H3. The first-order valence-corrected chi connectivity index (χ1v) is 5.15. The van der Waals surface area contributed by atoms with Crippen molar-refractivity contribution >= 4 is 0 Å². The van der Waals surface area contributed by atoms with Crippen LogP contribution in [0.4, 0.5) is 0 Å². The van der Waals surface area contributed by atoms with Gasteiger partial charge >= 0.3 is 0 Å². The summed E-state index contributed by atoms with van der Waals surface area (Å²) in [4.78, 5) is 0. The van der Waals surface area contributed by atoms with E-state index in [0.717, 1.165) is 11.1 Å². The Morgan fingerprint density at radius 1 is 1.27 bits per heavy atom. The van der Waals surface area contributed by atoms with E-state index < -0.39 is 12.2 Å². The minimum atomic E-state index is -0.692. The smallest absolute Gasteiger partial charge is 0.115 e. The Kier molecular flexibility index (Phi) is 4.12. The van der Waals surface area contributed by atoms with Gasteiger partial charge in [-0.3, -0.25) is 0 Å². The molecule has 0 spiro atoms. The Hall–Kier alpha value is -1.06. The molecule has 0 heterocycles. The molecule has 84 valence electrons. The molecule has 0 fully saturated rings. The van der Waals surface area contributed by atoms with Crippen LogP contribution in [-0.2, 0) is 6.42 Å². The lowest BCUT2D eigenvalue weighted by Crippen LogP contribution is -2.22. The van der Waals surface area contributed by atoms with Crippen LogP contribution in [-0.4, -0.2) is 27.5 Å². The summed E-state index contributed by atoms with van der Waals surface area (Å²) in [6.45, 7) is 3.50. The van der Waals surface area contributed by atoms with Gasteiger partial charge in [-0.2, -0.15) is 0 Å². The van der Waals surface area contributed by atoms with Gasteiger partial charge < -0.3 is 15.3 Å². The molecule has 3 nitrogen and oxygen atoms in total. The van der Waals surface area contributed by atoms with Crippen molar-refractivity contribution in [2.45, 2.75) is 38.9 Å². The summed E-state index contributed by atoms with van der Waals surface area (Å²) in [5, 5.41) is 27.8. The van der Waals surface area contributed by atoms with Gasteiger partial charge in [-0.1, -0.05) is 6.07 Å². The van der Waals surface area contributed by atoms with Crippen molar-refractivity contribution in [2.75, 3.05) is 0 Å². The average Bonchev–Trinajstić information content (AvgIpc) is 2.15. The second-order valence-electron chi connectivity index (χ2n) is 3.96. The van der Waals surface area contributed by atoms with Crippen LogP contribution in [0.1, 0.15) is 24.5 Å². The fraction of sp³-hybridized carbons (Fsp3) is 0.500. The first-order chi connectivity index (χ1) is 7.00. The highest BCUT2D eigenvalue weighted by Gasteiger charge is 2.11. The molecule has 15 heavy (non-hydrogen) atoms. The van der Waals surface area contributed by atoms with Gasteiger partial charge in [-0.25, -0.2) is 0 Å². The van der Waals surface area contributed by atoms with Crippen molar-refractivity contribution in [2.24, 2.45) is 0 Å². The summed E-state index contributed by atoms with van der Waals surface area (Å²) in [5.74, 6) is 0.257. The van der Waals surface area contributed by atoms with E-state index in [4.69, 9.17) is 5.11 Å². The zero-order chi connectivity index (χ0) is 11.4. The van der Waals surface area contributed by atoms with Gasteiger partial charge in [0.2, 0.25) is 0 Å². The van der Waals surface area contributed by atoms with Crippen molar-refractivity contribution in [1.82, 2.24) is 0 Å². The van der Waals surface area contributed by atoms with Crippen LogP contribution in [0.25, 0.3) is 0 Å². The van der Waals surface area contributed by atoms with Crippen LogP contribution in [0, 0.1) is 6.92 Å². The quantitative estimate of drug-likeness (QED) is 0.703. The Labute approximate surface area is 90.0 Å². The normalized spacial score (nSPS) is 14.9. The molecule has 0 aliphatic rings. The number of phenols is 1. The van der Waals surface area contributed by atoms with Gasteiger partial charge in [0, 0.05) is 0 Å². The van der Waals surface area contributed by atoms with E-state index in [-0.39, 0.29) is 5.75 Å². The van der Waals surface area contributed by atoms with Gasteiger partial charge in [-0.15, -0.1) is 0 Å². The predicted molar refractivity (Wildman–Crippen MR) is 58.9 cm³/mol. The van der Waals surface area contributed by atoms with Crippen LogP contribution < -0.4 is 0 Å².